The minimum absolute atomic E-state index is 0.0683. The third-order valence-corrected chi connectivity index (χ3v) is 3.72. The van der Waals surface area contributed by atoms with Crippen LogP contribution >= 0.6 is 0 Å². The highest BCUT2D eigenvalue weighted by Gasteiger charge is 2.03. The molecular weight excluding hydrogens is 258 g/mol. The molecule has 0 radical (unpaired) electrons. The van der Waals surface area contributed by atoms with E-state index in [1.54, 1.807) is 0 Å². The Morgan fingerprint density at radius 2 is 1.29 bits per heavy atom. The third-order valence-electron chi connectivity index (χ3n) is 3.72. The fourth-order valence-electron chi connectivity index (χ4n) is 2.25. The molecule has 0 aliphatic carbocycles. The molecule has 21 heavy (non-hydrogen) atoms. The Bertz CT molecular complexity index is 570. The number of carbonyl (C=O) groups is 1. The van der Waals surface area contributed by atoms with E-state index in [0.717, 1.165) is 24.9 Å². The van der Waals surface area contributed by atoms with Gasteiger partial charge in [0.25, 0.3) is 0 Å². The number of carbonyl (C=O) groups excluding carboxylic acids is 1. The molecule has 2 nitrogen and oxygen atoms in total. The minimum Gasteiger partial charge on any atom is -0.326 e. The molecule has 0 aliphatic rings. The minimum atomic E-state index is 0.0683. The maximum absolute atomic E-state index is 12.0. The predicted molar refractivity (Wildman–Crippen MR) is 88.6 cm³/mol. The fraction of sp³-hybridized carbons (Fsp3) is 0.316. The monoisotopic (exact) mass is 281 g/mol. The van der Waals surface area contributed by atoms with E-state index in [1.807, 2.05) is 12.1 Å². The summed E-state index contributed by atoms with van der Waals surface area (Å²) in [6.07, 6.45) is 3.36. The zero-order valence-corrected chi connectivity index (χ0v) is 12.9. The van der Waals surface area contributed by atoms with Gasteiger partial charge in [-0.25, -0.2) is 0 Å². The molecule has 110 valence electrons. The first-order valence-corrected chi connectivity index (χ1v) is 7.68. The summed E-state index contributed by atoms with van der Waals surface area (Å²) in [7, 11) is 0. The van der Waals surface area contributed by atoms with Crippen molar-refractivity contribution in [2.75, 3.05) is 5.32 Å². The quantitative estimate of drug-likeness (QED) is 0.836. The highest BCUT2D eigenvalue weighted by Crippen LogP contribution is 2.12. The van der Waals surface area contributed by atoms with Gasteiger partial charge in [-0.15, -0.1) is 0 Å². The van der Waals surface area contributed by atoms with Crippen LogP contribution in [0.1, 0.15) is 37.0 Å². The Morgan fingerprint density at radius 1 is 0.810 bits per heavy atom. The Morgan fingerprint density at radius 3 is 1.81 bits per heavy atom. The Hall–Kier alpha value is -2.09. The van der Waals surface area contributed by atoms with Gasteiger partial charge < -0.3 is 5.32 Å². The highest BCUT2D eigenvalue weighted by molar-refractivity contribution is 5.90. The van der Waals surface area contributed by atoms with Gasteiger partial charge in [-0.2, -0.15) is 0 Å². The van der Waals surface area contributed by atoms with Crippen molar-refractivity contribution in [3.63, 3.8) is 0 Å². The van der Waals surface area contributed by atoms with Crippen LogP contribution in [-0.2, 0) is 24.1 Å². The SMILES string of the molecule is CCc1ccc(CCC(=O)Nc2ccc(CC)cc2)cc1. The average Bonchev–Trinajstić information content (AvgIpc) is 2.54. The maximum atomic E-state index is 12.0. The number of hydrogen-bond donors (Lipinski definition) is 1. The largest absolute Gasteiger partial charge is 0.326 e. The van der Waals surface area contributed by atoms with Crippen LogP contribution in [-0.4, -0.2) is 5.91 Å². The van der Waals surface area contributed by atoms with Crippen molar-refractivity contribution in [1.82, 2.24) is 0 Å². The molecule has 1 N–H and O–H groups in total. The molecule has 0 atom stereocenters. The van der Waals surface area contributed by atoms with Gasteiger partial charge in [-0.05, 0) is 48.1 Å². The fourth-order valence-corrected chi connectivity index (χ4v) is 2.25. The molecule has 1 amide bonds. The molecular formula is C19H23NO. The van der Waals surface area contributed by atoms with E-state index in [2.05, 4.69) is 55.6 Å². The van der Waals surface area contributed by atoms with E-state index < -0.39 is 0 Å². The molecule has 0 heterocycles. The number of amides is 1. The van der Waals surface area contributed by atoms with E-state index in [1.165, 1.54) is 16.7 Å². The molecule has 2 aromatic carbocycles. The van der Waals surface area contributed by atoms with Crippen molar-refractivity contribution < 1.29 is 4.79 Å². The van der Waals surface area contributed by atoms with Crippen LogP contribution in [0, 0.1) is 0 Å². The number of rotatable bonds is 6. The van der Waals surface area contributed by atoms with Gasteiger partial charge in [0.1, 0.15) is 0 Å². The second-order valence-corrected chi connectivity index (χ2v) is 5.27. The van der Waals surface area contributed by atoms with Crippen LogP contribution in [0.25, 0.3) is 0 Å². The summed E-state index contributed by atoms with van der Waals surface area (Å²) in [5, 5.41) is 2.95. The van der Waals surface area contributed by atoms with Crippen molar-refractivity contribution in [1.29, 1.82) is 0 Å². The molecule has 2 rings (SSSR count). The molecule has 0 saturated carbocycles. The summed E-state index contributed by atoms with van der Waals surface area (Å²) >= 11 is 0. The molecule has 0 aromatic heterocycles. The van der Waals surface area contributed by atoms with E-state index in [-0.39, 0.29) is 5.91 Å². The van der Waals surface area contributed by atoms with Crippen LogP contribution in [0.15, 0.2) is 48.5 Å². The zero-order valence-electron chi connectivity index (χ0n) is 12.9. The average molecular weight is 281 g/mol. The molecule has 0 bridgehead atoms. The summed E-state index contributed by atoms with van der Waals surface area (Å²) in [5.41, 5.74) is 4.70. The highest BCUT2D eigenvalue weighted by atomic mass is 16.1. The lowest BCUT2D eigenvalue weighted by atomic mass is 10.1. The van der Waals surface area contributed by atoms with Crippen molar-refractivity contribution in [3.8, 4) is 0 Å². The van der Waals surface area contributed by atoms with E-state index in [4.69, 9.17) is 0 Å². The Balaban J connectivity index is 1.83. The summed E-state index contributed by atoms with van der Waals surface area (Å²) in [5.74, 6) is 0.0683. The second-order valence-electron chi connectivity index (χ2n) is 5.27. The lowest BCUT2D eigenvalue weighted by molar-refractivity contribution is -0.116. The van der Waals surface area contributed by atoms with Crippen molar-refractivity contribution in [2.24, 2.45) is 0 Å². The van der Waals surface area contributed by atoms with Crippen LogP contribution in [0.5, 0.6) is 0 Å². The molecule has 2 heteroatoms. The lowest BCUT2D eigenvalue weighted by Gasteiger charge is -2.06. The van der Waals surface area contributed by atoms with Crippen LogP contribution in [0.4, 0.5) is 5.69 Å². The number of nitrogens with one attached hydrogen (secondary N) is 1. The third kappa shape index (κ3) is 4.75. The smallest absolute Gasteiger partial charge is 0.224 e. The zero-order chi connectivity index (χ0) is 15.1. The molecule has 0 fully saturated rings. The molecule has 0 saturated heterocycles. The standard InChI is InChI=1S/C19H23NO/c1-3-15-5-7-17(8-6-15)11-14-19(21)20-18-12-9-16(4-2)10-13-18/h5-10,12-13H,3-4,11,14H2,1-2H3,(H,20,21). The Kier molecular flexibility index (Phi) is 5.56. The van der Waals surface area contributed by atoms with Crippen molar-refractivity contribution in [2.45, 2.75) is 39.5 Å². The summed E-state index contributed by atoms with van der Waals surface area (Å²) in [6.45, 7) is 4.27. The van der Waals surface area contributed by atoms with Crippen molar-refractivity contribution >= 4 is 11.6 Å². The number of aryl methyl sites for hydroxylation is 3. The topological polar surface area (TPSA) is 29.1 Å². The molecule has 0 spiro atoms. The maximum Gasteiger partial charge on any atom is 0.224 e. The lowest BCUT2D eigenvalue weighted by Crippen LogP contribution is -2.12. The van der Waals surface area contributed by atoms with Crippen LogP contribution in [0.2, 0.25) is 0 Å². The van der Waals surface area contributed by atoms with Gasteiger partial charge in [0.15, 0.2) is 0 Å². The van der Waals surface area contributed by atoms with E-state index in [0.29, 0.717) is 6.42 Å². The first-order chi connectivity index (χ1) is 10.2. The summed E-state index contributed by atoms with van der Waals surface area (Å²) < 4.78 is 0. The van der Waals surface area contributed by atoms with Crippen LogP contribution in [0.3, 0.4) is 0 Å². The summed E-state index contributed by atoms with van der Waals surface area (Å²) in [4.78, 5) is 12.0. The first-order valence-electron chi connectivity index (χ1n) is 7.68. The van der Waals surface area contributed by atoms with Crippen LogP contribution < -0.4 is 5.32 Å². The van der Waals surface area contributed by atoms with Gasteiger partial charge in [0.2, 0.25) is 5.91 Å². The molecule has 0 aliphatic heterocycles. The second kappa shape index (κ2) is 7.63. The normalized spacial score (nSPS) is 10.4. The molecule has 0 unspecified atom stereocenters. The molecule has 2 aromatic rings. The van der Waals surface area contributed by atoms with Gasteiger partial charge >= 0.3 is 0 Å². The number of benzene rings is 2. The predicted octanol–water partition coefficient (Wildman–Crippen LogP) is 4.38. The van der Waals surface area contributed by atoms with Gasteiger partial charge in [-0.1, -0.05) is 50.2 Å². The number of anilines is 1. The van der Waals surface area contributed by atoms with E-state index in [9.17, 15) is 4.79 Å². The van der Waals surface area contributed by atoms with Gasteiger partial charge in [0, 0.05) is 12.1 Å². The first kappa shape index (κ1) is 15.3. The van der Waals surface area contributed by atoms with Gasteiger partial charge in [-0.3, -0.25) is 4.79 Å². The summed E-state index contributed by atoms with van der Waals surface area (Å²) in [6, 6.07) is 16.5. The Labute approximate surface area is 127 Å². The van der Waals surface area contributed by atoms with E-state index >= 15 is 0 Å². The van der Waals surface area contributed by atoms with Gasteiger partial charge in [0.05, 0.1) is 0 Å². The number of hydrogen-bond acceptors (Lipinski definition) is 1. The van der Waals surface area contributed by atoms with Crippen molar-refractivity contribution in [3.05, 3.63) is 65.2 Å².